The fraction of sp³-hybridized carbons (Fsp3) is 0.913. The number of hydrogen-bond acceptors (Lipinski definition) is 5. The maximum Gasteiger partial charge on any atom is 0.305 e. The van der Waals surface area contributed by atoms with E-state index < -0.39 is 12.1 Å². The lowest BCUT2D eigenvalue weighted by molar-refractivity contribution is -0.143. The second kappa shape index (κ2) is 64.9. The zero-order valence-electron chi connectivity index (χ0n) is 50.8. The quantitative estimate of drug-likeness (QED) is 0.0320. The fourth-order valence-electron chi connectivity index (χ4n) is 10.8. The van der Waals surface area contributed by atoms with Gasteiger partial charge in [0.2, 0.25) is 5.91 Å². The van der Waals surface area contributed by atoms with Crippen molar-refractivity contribution >= 4 is 11.9 Å². The van der Waals surface area contributed by atoms with E-state index in [0.29, 0.717) is 25.9 Å². The van der Waals surface area contributed by atoms with E-state index in [4.69, 9.17) is 4.74 Å². The van der Waals surface area contributed by atoms with Gasteiger partial charge in [0, 0.05) is 12.8 Å². The van der Waals surface area contributed by atoms with E-state index in [1.165, 1.54) is 302 Å². The third-order valence-corrected chi connectivity index (χ3v) is 16.0. The number of carbonyl (C=O) groups is 2. The molecule has 0 rings (SSSR count). The molecule has 0 saturated heterocycles. The van der Waals surface area contributed by atoms with Crippen molar-refractivity contribution in [1.29, 1.82) is 0 Å². The highest BCUT2D eigenvalue weighted by Gasteiger charge is 2.20. The molecule has 444 valence electrons. The van der Waals surface area contributed by atoms with E-state index >= 15 is 0 Å². The summed E-state index contributed by atoms with van der Waals surface area (Å²) in [6, 6.07) is -0.550. The van der Waals surface area contributed by atoms with Crippen molar-refractivity contribution in [2.45, 2.75) is 392 Å². The first-order valence-electron chi connectivity index (χ1n) is 34.1. The summed E-state index contributed by atoms with van der Waals surface area (Å²) in [5, 5.41) is 23.4. The van der Waals surface area contributed by atoms with Crippen molar-refractivity contribution in [3.05, 3.63) is 24.3 Å². The van der Waals surface area contributed by atoms with Crippen molar-refractivity contribution in [2.24, 2.45) is 0 Å². The van der Waals surface area contributed by atoms with Crippen LogP contribution < -0.4 is 5.32 Å². The van der Waals surface area contributed by atoms with Gasteiger partial charge in [-0.2, -0.15) is 0 Å². The highest BCUT2D eigenvalue weighted by molar-refractivity contribution is 5.76. The Bertz CT molecular complexity index is 1170. The molecule has 6 nitrogen and oxygen atoms in total. The molecule has 0 aliphatic rings. The van der Waals surface area contributed by atoms with Crippen LogP contribution >= 0.6 is 0 Å². The average molecular weight is 1060 g/mol. The summed E-state index contributed by atoms with van der Waals surface area (Å²) < 4.78 is 5.49. The van der Waals surface area contributed by atoms with E-state index in [9.17, 15) is 19.8 Å². The number of hydrogen-bond donors (Lipinski definition) is 3. The Morgan fingerprint density at radius 3 is 1.01 bits per heavy atom. The van der Waals surface area contributed by atoms with E-state index in [2.05, 4.69) is 43.5 Å². The normalized spacial score (nSPS) is 12.6. The summed E-state index contributed by atoms with van der Waals surface area (Å²) in [7, 11) is 0. The number of ether oxygens (including phenoxy) is 1. The molecule has 0 saturated carbocycles. The van der Waals surface area contributed by atoms with Crippen LogP contribution in [0.25, 0.3) is 0 Å². The first kappa shape index (κ1) is 73.3. The molecule has 0 heterocycles. The van der Waals surface area contributed by atoms with Crippen molar-refractivity contribution in [3.8, 4) is 0 Å². The Balaban J connectivity index is 3.43. The average Bonchev–Trinajstić information content (AvgIpc) is 3.41. The Kier molecular flexibility index (Phi) is 63.4. The number of carbonyl (C=O) groups excluding carboxylic acids is 2. The Labute approximate surface area is 469 Å². The summed E-state index contributed by atoms with van der Waals surface area (Å²) in [6.45, 7) is 4.98. The van der Waals surface area contributed by atoms with Gasteiger partial charge >= 0.3 is 5.97 Å². The van der Waals surface area contributed by atoms with Gasteiger partial charge in [0.25, 0.3) is 0 Å². The van der Waals surface area contributed by atoms with Gasteiger partial charge in [-0.05, 0) is 57.8 Å². The molecule has 0 spiro atoms. The Morgan fingerprint density at radius 1 is 0.373 bits per heavy atom. The molecular formula is C69H133NO5. The van der Waals surface area contributed by atoms with Crippen LogP contribution in [0.2, 0.25) is 0 Å². The number of amides is 1. The molecule has 0 bridgehead atoms. The number of aliphatic hydroxyl groups is 2. The molecule has 3 N–H and O–H groups in total. The highest BCUT2D eigenvalue weighted by Crippen LogP contribution is 2.18. The summed E-state index contributed by atoms with van der Waals surface area (Å²) in [5.41, 5.74) is 0. The van der Waals surface area contributed by atoms with E-state index in [1.54, 1.807) is 0 Å². The predicted octanol–water partition coefficient (Wildman–Crippen LogP) is 21.8. The molecule has 75 heavy (non-hydrogen) atoms. The molecule has 6 heteroatoms. The number of aliphatic hydroxyl groups excluding tert-OH is 2. The monoisotopic (exact) mass is 1060 g/mol. The topological polar surface area (TPSA) is 95.9 Å². The minimum Gasteiger partial charge on any atom is -0.466 e. The van der Waals surface area contributed by atoms with E-state index in [0.717, 1.165) is 44.9 Å². The van der Waals surface area contributed by atoms with Gasteiger partial charge in [-0.25, -0.2) is 0 Å². The van der Waals surface area contributed by atoms with Gasteiger partial charge in [-0.15, -0.1) is 0 Å². The van der Waals surface area contributed by atoms with Crippen molar-refractivity contribution in [2.75, 3.05) is 13.2 Å². The second-order valence-electron chi connectivity index (χ2n) is 23.5. The Hall–Kier alpha value is -1.66. The number of esters is 1. The van der Waals surface area contributed by atoms with Crippen LogP contribution in [0.15, 0.2) is 24.3 Å². The molecule has 2 unspecified atom stereocenters. The van der Waals surface area contributed by atoms with Crippen LogP contribution in [0.3, 0.4) is 0 Å². The third-order valence-electron chi connectivity index (χ3n) is 16.0. The first-order chi connectivity index (χ1) is 37.0. The molecule has 0 fully saturated rings. The fourth-order valence-corrected chi connectivity index (χ4v) is 10.8. The SMILES string of the molecule is CCCCCCCCCCCCCCCCCCCCCC(O)C(CO)NC(=O)CCCCCCCCC/C=C\C/C=C\CCCCCCCCCCCOC(=O)CCCCCCCCCCCCCCCCCC. The lowest BCUT2D eigenvalue weighted by Crippen LogP contribution is -2.45. The second-order valence-corrected chi connectivity index (χ2v) is 23.5. The summed E-state index contributed by atoms with van der Waals surface area (Å²) in [6.07, 6.45) is 80.6. The van der Waals surface area contributed by atoms with Crippen molar-refractivity contribution in [1.82, 2.24) is 5.32 Å². The van der Waals surface area contributed by atoms with Crippen LogP contribution in [0.4, 0.5) is 0 Å². The molecule has 0 radical (unpaired) electrons. The predicted molar refractivity (Wildman–Crippen MR) is 329 cm³/mol. The van der Waals surface area contributed by atoms with Crippen molar-refractivity contribution in [3.63, 3.8) is 0 Å². The van der Waals surface area contributed by atoms with Crippen LogP contribution in [-0.4, -0.2) is 47.4 Å². The number of allylic oxidation sites excluding steroid dienone is 4. The van der Waals surface area contributed by atoms with Crippen LogP contribution in [0.5, 0.6) is 0 Å². The molecular weight excluding hydrogens is 923 g/mol. The largest absolute Gasteiger partial charge is 0.466 e. The number of nitrogens with one attached hydrogen (secondary N) is 1. The highest BCUT2D eigenvalue weighted by atomic mass is 16.5. The summed E-state index contributed by atoms with van der Waals surface area (Å²) >= 11 is 0. The maximum absolute atomic E-state index is 12.5. The van der Waals surface area contributed by atoms with Gasteiger partial charge in [0.05, 0.1) is 25.4 Å². The van der Waals surface area contributed by atoms with Gasteiger partial charge in [0.1, 0.15) is 0 Å². The molecule has 0 aliphatic heterocycles. The molecule has 2 atom stereocenters. The summed E-state index contributed by atoms with van der Waals surface area (Å²) in [5.74, 6) is -0.0305. The lowest BCUT2D eigenvalue weighted by atomic mass is 10.0. The molecule has 0 aromatic carbocycles. The van der Waals surface area contributed by atoms with Gasteiger partial charge in [-0.3, -0.25) is 9.59 Å². The first-order valence-corrected chi connectivity index (χ1v) is 34.1. The van der Waals surface area contributed by atoms with Crippen LogP contribution in [0.1, 0.15) is 380 Å². The third kappa shape index (κ3) is 61.4. The van der Waals surface area contributed by atoms with Crippen LogP contribution in [-0.2, 0) is 14.3 Å². The smallest absolute Gasteiger partial charge is 0.305 e. The van der Waals surface area contributed by atoms with Gasteiger partial charge in [0.15, 0.2) is 0 Å². The van der Waals surface area contributed by atoms with Crippen molar-refractivity contribution < 1.29 is 24.5 Å². The molecule has 0 aromatic rings. The van der Waals surface area contributed by atoms with E-state index in [1.807, 2.05) is 0 Å². The van der Waals surface area contributed by atoms with Gasteiger partial charge < -0.3 is 20.3 Å². The molecule has 0 aliphatic carbocycles. The zero-order chi connectivity index (χ0) is 54.3. The number of rotatable bonds is 64. The van der Waals surface area contributed by atoms with E-state index in [-0.39, 0.29) is 18.5 Å². The summed E-state index contributed by atoms with van der Waals surface area (Å²) in [4.78, 5) is 24.6. The molecule has 0 aromatic heterocycles. The lowest BCUT2D eigenvalue weighted by Gasteiger charge is -2.22. The molecule has 1 amide bonds. The zero-order valence-corrected chi connectivity index (χ0v) is 50.8. The van der Waals surface area contributed by atoms with Crippen LogP contribution in [0, 0.1) is 0 Å². The minimum atomic E-state index is -0.671. The standard InChI is InChI=1S/C69H133NO5/c1-3-5-7-9-11-13-15-17-19-21-27-30-33-37-41-45-49-53-57-61-67(72)66(65-71)70-68(73)62-58-54-50-46-42-38-34-31-28-25-23-22-24-26-29-32-36-40-44-48-52-56-60-64-75-69(74)63-59-55-51-47-43-39-35-20-18-16-14-12-10-8-6-4-2/h22,24-25,28,66-67,71-72H,3-21,23,26-27,29-65H2,1-2H3,(H,70,73)/b24-22-,28-25-. The Morgan fingerprint density at radius 2 is 0.667 bits per heavy atom. The minimum absolute atomic E-state index is 0.0113. The maximum atomic E-state index is 12.5. The number of unbranched alkanes of at least 4 members (excludes halogenated alkanes) is 49. The van der Waals surface area contributed by atoms with Gasteiger partial charge in [-0.1, -0.05) is 334 Å².